The fourth-order valence-electron chi connectivity index (χ4n) is 3.12. The van der Waals surface area contributed by atoms with Crippen LogP contribution in [0.4, 0.5) is 0 Å². The fourth-order valence-corrected chi connectivity index (χ4v) is 3.12. The molecule has 2 heterocycles. The van der Waals surface area contributed by atoms with E-state index in [1.165, 1.54) is 56.5 Å². The van der Waals surface area contributed by atoms with Gasteiger partial charge in [0.2, 0.25) is 0 Å². The molecule has 0 amide bonds. The highest BCUT2D eigenvalue weighted by molar-refractivity contribution is 5.28. The Morgan fingerprint density at radius 2 is 2.00 bits per heavy atom. The van der Waals surface area contributed by atoms with Crippen molar-refractivity contribution in [3.05, 3.63) is 23.0 Å². The molecule has 0 spiro atoms. The topological polar surface area (TPSA) is 28.3 Å². The lowest BCUT2D eigenvalue weighted by Gasteiger charge is -2.26. The minimum Gasteiger partial charge on any atom is -0.379 e. The van der Waals surface area contributed by atoms with Crippen LogP contribution in [0.1, 0.15) is 36.2 Å². The molecule has 18 heavy (non-hydrogen) atoms. The van der Waals surface area contributed by atoms with Crippen LogP contribution >= 0.6 is 0 Å². The summed E-state index contributed by atoms with van der Waals surface area (Å²) >= 11 is 0. The molecule has 1 aliphatic carbocycles. The molecule has 1 aliphatic heterocycles. The van der Waals surface area contributed by atoms with Gasteiger partial charge in [-0.25, -0.2) is 0 Å². The van der Waals surface area contributed by atoms with Gasteiger partial charge in [0, 0.05) is 24.5 Å². The van der Waals surface area contributed by atoms with E-state index in [2.05, 4.69) is 16.0 Å². The van der Waals surface area contributed by atoms with Gasteiger partial charge in [0.1, 0.15) is 0 Å². The zero-order chi connectivity index (χ0) is 12.2. The highest BCUT2D eigenvalue weighted by Gasteiger charge is 2.13. The van der Waals surface area contributed by atoms with Crippen LogP contribution in [0.15, 0.2) is 6.07 Å². The Kier molecular flexibility index (Phi) is 4.01. The van der Waals surface area contributed by atoms with Crippen LogP contribution in [0.3, 0.4) is 0 Å². The lowest BCUT2D eigenvalue weighted by Crippen LogP contribution is -2.36. The van der Waals surface area contributed by atoms with Crippen molar-refractivity contribution in [3.8, 4) is 0 Å². The molecule has 3 rings (SSSR count). The first-order valence-corrected chi connectivity index (χ1v) is 7.41. The molecule has 3 heteroatoms. The minimum atomic E-state index is 0.913. The van der Waals surface area contributed by atoms with Crippen molar-refractivity contribution < 1.29 is 4.74 Å². The number of aryl methyl sites for hydroxylation is 3. The summed E-state index contributed by atoms with van der Waals surface area (Å²) < 4.78 is 5.37. The van der Waals surface area contributed by atoms with Crippen LogP contribution in [0.25, 0.3) is 0 Å². The van der Waals surface area contributed by atoms with Crippen LogP contribution < -0.4 is 0 Å². The van der Waals surface area contributed by atoms with E-state index in [0.29, 0.717) is 0 Å². The molecule has 0 aromatic carbocycles. The second-order valence-corrected chi connectivity index (χ2v) is 5.56. The number of nitrogens with one attached hydrogen (secondary N) is 1. The van der Waals surface area contributed by atoms with Gasteiger partial charge in [-0.2, -0.15) is 0 Å². The first kappa shape index (κ1) is 12.2. The minimum absolute atomic E-state index is 0.913. The van der Waals surface area contributed by atoms with Crippen LogP contribution in [-0.4, -0.2) is 42.7 Å². The summed E-state index contributed by atoms with van der Waals surface area (Å²) in [6, 6.07) is 2.41. The van der Waals surface area contributed by atoms with Gasteiger partial charge in [0.25, 0.3) is 0 Å². The quantitative estimate of drug-likeness (QED) is 0.884. The van der Waals surface area contributed by atoms with Gasteiger partial charge in [-0.15, -0.1) is 0 Å². The standard InChI is InChI=1S/C15H24N2O/c1-2-6-15-13(4-1)12-14(16-15)5-3-7-17-8-10-18-11-9-17/h12,16H,1-11H2. The predicted molar refractivity (Wildman–Crippen MR) is 73.0 cm³/mol. The number of aromatic nitrogens is 1. The molecular formula is C15H24N2O. The zero-order valence-corrected chi connectivity index (χ0v) is 11.2. The molecule has 0 unspecified atom stereocenters. The molecular weight excluding hydrogens is 224 g/mol. The number of rotatable bonds is 4. The van der Waals surface area contributed by atoms with Crippen molar-refractivity contribution in [1.29, 1.82) is 0 Å². The Balaban J connectivity index is 1.46. The second kappa shape index (κ2) is 5.89. The number of aromatic amines is 1. The van der Waals surface area contributed by atoms with Gasteiger partial charge < -0.3 is 9.72 Å². The molecule has 0 radical (unpaired) electrons. The maximum atomic E-state index is 5.37. The molecule has 0 saturated carbocycles. The number of hydrogen-bond acceptors (Lipinski definition) is 2. The monoisotopic (exact) mass is 248 g/mol. The van der Waals surface area contributed by atoms with E-state index in [0.717, 1.165) is 26.3 Å². The lowest BCUT2D eigenvalue weighted by molar-refractivity contribution is 0.0374. The normalized spacial score (nSPS) is 20.9. The van der Waals surface area contributed by atoms with E-state index in [1.54, 1.807) is 5.56 Å². The van der Waals surface area contributed by atoms with Crippen molar-refractivity contribution in [2.75, 3.05) is 32.8 Å². The maximum Gasteiger partial charge on any atom is 0.0594 e. The van der Waals surface area contributed by atoms with Crippen molar-refractivity contribution in [2.45, 2.75) is 38.5 Å². The second-order valence-electron chi connectivity index (χ2n) is 5.56. The van der Waals surface area contributed by atoms with E-state index in [4.69, 9.17) is 4.74 Å². The molecule has 1 saturated heterocycles. The molecule has 3 nitrogen and oxygen atoms in total. The van der Waals surface area contributed by atoms with E-state index in [1.807, 2.05) is 0 Å². The largest absolute Gasteiger partial charge is 0.379 e. The molecule has 100 valence electrons. The van der Waals surface area contributed by atoms with E-state index < -0.39 is 0 Å². The maximum absolute atomic E-state index is 5.37. The van der Waals surface area contributed by atoms with Crippen molar-refractivity contribution >= 4 is 0 Å². The third-order valence-electron chi connectivity index (χ3n) is 4.19. The highest BCUT2D eigenvalue weighted by atomic mass is 16.5. The van der Waals surface area contributed by atoms with Crippen molar-refractivity contribution in [1.82, 2.24) is 9.88 Å². The fraction of sp³-hybridized carbons (Fsp3) is 0.733. The Morgan fingerprint density at radius 3 is 2.83 bits per heavy atom. The van der Waals surface area contributed by atoms with Gasteiger partial charge in [0.15, 0.2) is 0 Å². The third kappa shape index (κ3) is 2.96. The van der Waals surface area contributed by atoms with Gasteiger partial charge in [-0.3, -0.25) is 4.90 Å². The first-order valence-electron chi connectivity index (χ1n) is 7.41. The SMILES string of the molecule is c1c(CCCN2CCOCC2)[nH]c2c1CCCC2. The predicted octanol–water partition coefficient (Wildman–Crippen LogP) is 2.16. The van der Waals surface area contributed by atoms with Gasteiger partial charge in [-0.05, 0) is 56.7 Å². The molecule has 1 fully saturated rings. The smallest absolute Gasteiger partial charge is 0.0594 e. The van der Waals surface area contributed by atoms with E-state index >= 15 is 0 Å². The van der Waals surface area contributed by atoms with Crippen LogP contribution in [0.2, 0.25) is 0 Å². The zero-order valence-electron chi connectivity index (χ0n) is 11.2. The molecule has 0 bridgehead atoms. The van der Waals surface area contributed by atoms with E-state index in [-0.39, 0.29) is 0 Å². The summed E-state index contributed by atoms with van der Waals surface area (Å²) in [6.07, 6.45) is 7.75. The molecule has 1 aromatic heterocycles. The Morgan fingerprint density at radius 1 is 1.17 bits per heavy atom. The summed E-state index contributed by atoms with van der Waals surface area (Å²) in [5.74, 6) is 0. The van der Waals surface area contributed by atoms with Crippen molar-refractivity contribution in [3.63, 3.8) is 0 Å². The summed E-state index contributed by atoms with van der Waals surface area (Å²) in [5.41, 5.74) is 4.56. The number of morpholine rings is 1. The van der Waals surface area contributed by atoms with Crippen LogP contribution in [-0.2, 0) is 24.0 Å². The van der Waals surface area contributed by atoms with E-state index in [9.17, 15) is 0 Å². The van der Waals surface area contributed by atoms with Crippen LogP contribution in [0.5, 0.6) is 0 Å². The Hall–Kier alpha value is -0.800. The Bertz CT molecular complexity index is 356. The average Bonchev–Trinajstić information content (AvgIpc) is 2.82. The number of nitrogens with zero attached hydrogens (tertiary/aromatic N) is 1. The summed E-state index contributed by atoms with van der Waals surface area (Å²) in [4.78, 5) is 6.15. The lowest BCUT2D eigenvalue weighted by atomic mass is 9.98. The van der Waals surface area contributed by atoms with Gasteiger partial charge in [0.05, 0.1) is 13.2 Å². The van der Waals surface area contributed by atoms with Crippen molar-refractivity contribution in [2.24, 2.45) is 0 Å². The summed E-state index contributed by atoms with van der Waals surface area (Å²) in [6.45, 7) is 5.27. The number of H-pyrrole nitrogens is 1. The summed E-state index contributed by atoms with van der Waals surface area (Å²) in [7, 11) is 0. The Labute approximate surface area is 110 Å². The summed E-state index contributed by atoms with van der Waals surface area (Å²) in [5, 5.41) is 0. The molecule has 2 aliphatic rings. The van der Waals surface area contributed by atoms with Gasteiger partial charge >= 0.3 is 0 Å². The molecule has 1 aromatic rings. The number of hydrogen-bond donors (Lipinski definition) is 1. The van der Waals surface area contributed by atoms with Gasteiger partial charge in [-0.1, -0.05) is 0 Å². The third-order valence-corrected chi connectivity index (χ3v) is 4.19. The van der Waals surface area contributed by atoms with Crippen LogP contribution in [0, 0.1) is 0 Å². The number of ether oxygens (including phenoxy) is 1. The number of fused-ring (bicyclic) bond motifs is 1. The molecule has 1 N–H and O–H groups in total. The molecule has 0 atom stereocenters. The first-order chi connectivity index (χ1) is 8.92. The average molecular weight is 248 g/mol. The highest BCUT2D eigenvalue weighted by Crippen LogP contribution is 2.22.